The van der Waals surface area contributed by atoms with Crippen molar-refractivity contribution in [3.05, 3.63) is 0 Å². The molecule has 3 saturated heterocycles. The number of likely N-dealkylation sites (tertiary alicyclic amines) is 1. The molecule has 8 heteroatoms. The molecule has 8 nitrogen and oxygen atoms in total. The van der Waals surface area contributed by atoms with E-state index in [1.54, 1.807) is 14.0 Å². The Morgan fingerprint density at radius 1 is 1.30 bits per heavy atom. The van der Waals surface area contributed by atoms with E-state index in [-0.39, 0.29) is 30.4 Å². The number of hydrogen-bond acceptors (Lipinski definition) is 5. The van der Waals surface area contributed by atoms with Crippen LogP contribution in [0.3, 0.4) is 0 Å². The first-order valence-electron chi connectivity index (χ1n) is 9.84. The van der Waals surface area contributed by atoms with Crippen LogP contribution in [0.5, 0.6) is 0 Å². The van der Waals surface area contributed by atoms with Crippen molar-refractivity contribution in [1.82, 2.24) is 15.5 Å². The van der Waals surface area contributed by atoms with Crippen LogP contribution >= 0.6 is 0 Å². The van der Waals surface area contributed by atoms with Crippen molar-refractivity contribution in [3.63, 3.8) is 0 Å². The summed E-state index contributed by atoms with van der Waals surface area (Å²) >= 11 is 0. The van der Waals surface area contributed by atoms with Gasteiger partial charge in [-0.15, -0.1) is 0 Å². The second-order valence-electron chi connectivity index (χ2n) is 8.39. The normalized spacial score (nSPS) is 38.3. The van der Waals surface area contributed by atoms with Crippen molar-refractivity contribution in [2.24, 2.45) is 11.8 Å². The van der Waals surface area contributed by atoms with Gasteiger partial charge in [-0.3, -0.25) is 14.4 Å². The molecule has 3 heterocycles. The van der Waals surface area contributed by atoms with Crippen LogP contribution < -0.4 is 10.6 Å². The summed E-state index contributed by atoms with van der Waals surface area (Å²) in [5.41, 5.74) is -1.74. The predicted molar refractivity (Wildman–Crippen MR) is 97.6 cm³/mol. The third kappa shape index (κ3) is 2.60. The smallest absolute Gasteiger partial charge is 0.246 e. The van der Waals surface area contributed by atoms with E-state index in [0.717, 1.165) is 0 Å². The zero-order chi connectivity index (χ0) is 20.1. The molecule has 3 aliphatic heterocycles. The number of carbonyl (C=O) groups is 3. The molecule has 2 unspecified atom stereocenters. The summed E-state index contributed by atoms with van der Waals surface area (Å²) in [5.74, 6) is -2.12. The molecule has 0 aromatic rings. The highest BCUT2D eigenvalue weighted by Crippen LogP contribution is 2.64. The van der Waals surface area contributed by atoms with Crippen molar-refractivity contribution < 1.29 is 24.2 Å². The fourth-order valence-corrected chi connectivity index (χ4v) is 5.43. The van der Waals surface area contributed by atoms with Crippen molar-refractivity contribution in [2.75, 3.05) is 13.7 Å². The largest absolute Gasteiger partial charge is 0.394 e. The Labute approximate surface area is 160 Å². The summed E-state index contributed by atoms with van der Waals surface area (Å²) < 4.78 is 6.50. The molecule has 3 fully saturated rings. The number of nitrogens with zero attached hydrogens (tertiary/aromatic N) is 1. The number of hydrogen-bond donors (Lipinski definition) is 3. The van der Waals surface area contributed by atoms with E-state index >= 15 is 0 Å². The number of nitrogens with one attached hydrogen (secondary N) is 2. The maximum absolute atomic E-state index is 13.4. The van der Waals surface area contributed by atoms with Gasteiger partial charge in [0.2, 0.25) is 17.7 Å². The maximum atomic E-state index is 13.4. The average Bonchev–Trinajstić information content (AvgIpc) is 3.23. The van der Waals surface area contributed by atoms with Gasteiger partial charge in [-0.25, -0.2) is 0 Å². The molecule has 1 spiro atoms. The molecule has 3 N–H and O–H groups in total. The van der Waals surface area contributed by atoms with Crippen LogP contribution in [0.15, 0.2) is 0 Å². The average molecular weight is 381 g/mol. The lowest BCUT2D eigenvalue weighted by molar-refractivity contribution is -0.150. The number of aliphatic hydroxyl groups is 1. The molecule has 0 aromatic heterocycles. The van der Waals surface area contributed by atoms with Crippen LogP contribution in [0.4, 0.5) is 0 Å². The summed E-state index contributed by atoms with van der Waals surface area (Å²) in [6.45, 7) is 7.12. The van der Waals surface area contributed by atoms with E-state index in [1.165, 1.54) is 4.90 Å². The van der Waals surface area contributed by atoms with Gasteiger partial charge in [-0.2, -0.15) is 0 Å². The first kappa shape index (κ1) is 20.1. The highest BCUT2D eigenvalue weighted by molar-refractivity contribution is 5.99. The Morgan fingerprint density at radius 3 is 2.48 bits per heavy atom. The van der Waals surface area contributed by atoms with E-state index in [4.69, 9.17) is 4.74 Å². The van der Waals surface area contributed by atoms with Gasteiger partial charge in [-0.1, -0.05) is 6.92 Å². The van der Waals surface area contributed by atoms with Crippen molar-refractivity contribution in [1.29, 1.82) is 0 Å². The van der Waals surface area contributed by atoms with Crippen molar-refractivity contribution >= 4 is 17.7 Å². The van der Waals surface area contributed by atoms with Crippen LogP contribution in [-0.4, -0.2) is 70.7 Å². The molecule has 3 aliphatic rings. The molecule has 0 radical (unpaired) electrons. The summed E-state index contributed by atoms with van der Waals surface area (Å²) in [7, 11) is 1.56. The number of aliphatic hydroxyl groups excluding tert-OH is 1. The Bertz CT molecular complexity index is 653. The molecule has 6 atom stereocenters. The molecule has 0 saturated carbocycles. The number of rotatable bonds is 6. The van der Waals surface area contributed by atoms with E-state index in [0.29, 0.717) is 19.3 Å². The van der Waals surface area contributed by atoms with Gasteiger partial charge in [0.1, 0.15) is 11.6 Å². The van der Waals surface area contributed by atoms with Gasteiger partial charge < -0.3 is 25.4 Å². The molecule has 0 aromatic carbocycles. The Kier molecular flexibility index (Phi) is 5.01. The van der Waals surface area contributed by atoms with Gasteiger partial charge in [0, 0.05) is 13.1 Å². The topological polar surface area (TPSA) is 108 Å². The molecule has 0 aliphatic carbocycles. The van der Waals surface area contributed by atoms with Crippen LogP contribution in [0.2, 0.25) is 0 Å². The minimum atomic E-state index is -1.02. The van der Waals surface area contributed by atoms with Crippen LogP contribution in [0, 0.1) is 11.8 Å². The third-order valence-corrected chi connectivity index (χ3v) is 6.57. The zero-order valence-corrected chi connectivity index (χ0v) is 16.7. The monoisotopic (exact) mass is 381 g/mol. The fourth-order valence-electron chi connectivity index (χ4n) is 5.43. The van der Waals surface area contributed by atoms with E-state index in [9.17, 15) is 19.5 Å². The standard InChI is InChI=1S/C19H31N3O5/c1-6-18-7-8-19(27-18)13(12(18)15(24)20-5)17(26)22(11(4)9-23)14(19)16(25)21-10(2)3/h10-14,23H,6-9H2,1-5H3,(H,20,24)(H,21,25)/t11-,12+,13+,14?,18-,19?/m1/s1. The number of fused-ring (bicyclic) bond motifs is 1. The Hall–Kier alpha value is -1.67. The molecular formula is C19H31N3O5. The van der Waals surface area contributed by atoms with Crippen LogP contribution in [0.1, 0.15) is 47.0 Å². The second-order valence-corrected chi connectivity index (χ2v) is 8.39. The highest BCUT2D eigenvalue weighted by atomic mass is 16.5. The number of amides is 3. The molecule has 3 amide bonds. The molecule has 2 bridgehead atoms. The first-order chi connectivity index (χ1) is 12.7. The Balaban J connectivity index is 2.12. The van der Waals surface area contributed by atoms with Crippen molar-refractivity contribution in [3.8, 4) is 0 Å². The maximum Gasteiger partial charge on any atom is 0.246 e. The summed E-state index contributed by atoms with van der Waals surface area (Å²) in [6.07, 6.45) is 1.79. The predicted octanol–water partition coefficient (Wildman–Crippen LogP) is -0.207. The minimum absolute atomic E-state index is 0.0946. The highest BCUT2D eigenvalue weighted by Gasteiger charge is 2.78. The first-order valence-corrected chi connectivity index (χ1v) is 9.84. The van der Waals surface area contributed by atoms with Crippen LogP contribution in [-0.2, 0) is 19.1 Å². The van der Waals surface area contributed by atoms with Crippen molar-refractivity contribution in [2.45, 2.75) is 76.3 Å². The molecule has 3 rings (SSSR count). The lowest BCUT2D eigenvalue weighted by atomic mass is 9.65. The minimum Gasteiger partial charge on any atom is -0.394 e. The van der Waals surface area contributed by atoms with Gasteiger partial charge in [0.05, 0.1) is 30.1 Å². The fraction of sp³-hybridized carbons (Fsp3) is 0.842. The molecular weight excluding hydrogens is 350 g/mol. The van der Waals surface area contributed by atoms with Gasteiger partial charge >= 0.3 is 0 Å². The van der Waals surface area contributed by atoms with Crippen LogP contribution in [0.25, 0.3) is 0 Å². The zero-order valence-electron chi connectivity index (χ0n) is 16.7. The summed E-state index contributed by atoms with van der Waals surface area (Å²) in [5, 5.41) is 15.3. The lowest BCUT2D eigenvalue weighted by Gasteiger charge is -2.36. The third-order valence-electron chi connectivity index (χ3n) is 6.57. The SMILES string of the molecule is CC[C@]12CCC3(O1)C(C(=O)NC(C)C)N([C@H](C)CO)C(=O)[C@@H]3[C@H]2C(=O)NC. The number of carbonyl (C=O) groups excluding carboxylic acids is 3. The van der Waals surface area contributed by atoms with E-state index in [1.807, 2.05) is 20.8 Å². The van der Waals surface area contributed by atoms with E-state index in [2.05, 4.69) is 10.6 Å². The lowest BCUT2D eigenvalue weighted by Crippen LogP contribution is -2.58. The summed E-state index contributed by atoms with van der Waals surface area (Å²) in [6, 6.07) is -1.48. The summed E-state index contributed by atoms with van der Waals surface area (Å²) in [4.78, 5) is 40.8. The quantitative estimate of drug-likeness (QED) is 0.590. The van der Waals surface area contributed by atoms with Gasteiger partial charge in [0.25, 0.3) is 0 Å². The van der Waals surface area contributed by atoms with Gasteiger partial charge in [-0.05, 0) is 40.0 Å². The second kappa shape index (κ2) is 6.74. The van der Waals surface area contributed by atoms with Gasteiger partial charge in [0.15, 0.2) is 0 Å². The van der Waals surface area contributed by atoms with E-state index < -0.39 is 35.1 Å². The number of ether oxygens (including phenoxy) is 1. The Morgan fingerprint density at radius 2 is 1.96 bits per heavy atom. The molecule has 152 valence electrons. The molecule has 27 heavy (non-hydrogen) atoms.